The average molecular weight is 307 g/mol. The minimum Gasteiger partial charge on any atom is -0.453 e. The second-order valence-corrected chi connectivity index (χ2v) is 6.07. The van der Waals surface area contributed by atoms with Gasteiger partial charge in [-0.25, -0.2) is 4.79 Å². The fourth-order valence-electron chi connectivity index (χ4n) is 3.40. The maximum atomic E-state index is 12.3. The Kier molecular flexibility index (Phi) is 3.37. The molecule has 1 aliphatic heterocycles. The first-order chi connectivity index (χ1) is 11.2. The number of fused-ring (bicyclic) bond motifs is 2. The van der Waals surface area contributed by atoms with Crippen molar-refractivity contribution in [1.29, 1.82) is 0 Å². The van der Waals surface area contributed by atoms with E-state index in [0.717, 1.165) is 24.1 Å². The molecule has 2 aliphatic rings. The summed E-state index contributed by atoms with van der Waals surface area (Å²) in [6.07, 6.45) is 3.03. The Morgan fingerprint density at radius 2 is 1.96 bits per heavy atom. The number of benzene rings is 2. The van der Waals surface area contributed by atoms with Gasteiger partial charge in [-0.15, -0.1) is 0 Å². The first-order valence-electron chi connectivity index (χ1n) is 7.92. The number of carbonyl (C=O) groups excluding carboxylic acids is 2. The van der Waals surface area contributed by atoms with E-state index in [9.17, 15) is 9.59 Å². The highest BCUT2D eigenvalue weighted by atomic mass is 16.5. The van der Waals surface area contributed by atoms with E-state index in [2.05, 4.69) is 17.4 Å². The van der Waals surface area contributed by atoms with Crippen molar-refractivity contribution in [2.75, 3.05) is 5.32 Å². The monoisotopic (exact) mass is 307 g/mol. The molecule has 0 aromatic heterocycles. The van der Waals surface area contributed by atoms with Crippen LogP contribution in [-0.2, 0) is 22.4 Å². The van der Waals surface area contributed by atoms with E-state index in [1.807, 2.05) is 18.2 Å². The van der Waals surface area contributed by atoms with Gasteiger partial charge in [0, 0.05) is 11.3 Å². The van der Waals surface area contributed by atoms with Gasteiger partial charge in [0.2, 0.25) is 5.91 Å². The fourth-order valence-corrected chi connectivity index (χ4v) is 3.40. The minimum atomic E-state index is -0.492. The fraction of sp³-hybridized carbons (Fsp3) is 0.263. The number of anilines is 1. The van der Waals surface area contributed by atoms with Crippen molar-refractivity contribution < 1.29 is 14.3 Å². The van der Waals surface area contributed by atoms with Crippen molar-refractivity contribution in [3.05, 3.63) is 64.7 Å². The summed E-state index contributed by atoms with van der Waals surface area (Å²) in [7, 11) is 0. The van der Waals surface area contributed by atoms with Gasteiger partial charge in [-0.3, -0.25) is 4.79 Å². The number of esters is 1. The summed E-state index contributed by atoms with van der Waals surface area (Å²) < 4.78 is 5.31. The van der Waals surface area contributed by atoms with Crippen molar-refractivity contribution >= 4 is 17.6 Å². The number of hydrogen-bond acceptors (Lipinski definition) is 3. The first kappa shape index (κ1) is 14.0. The lowest BCUT2D eigenvalue weighted by Gasteiger charge is -2.12. The molecular formula is C19H17NO3. The van der Waals surface area contributed by atoms with Crippen molar-refractivity contribution in [3.63, 3.8) is 0 Å². The molecule has 116 valence electrons. The molecule has 0 bridgehead atoms. The predicted octanol–water partition coefficient (Wildman–Crippen LogP) is 3.42. The van der Waals surface area contributed by atoms with Crippen LogP contribution in [0, 0.1) is 0 Å². The second-order valence-electron chi connectivity index (χ2n) is 6.07. The van der Waals surface area contributed by atoms with Gasteiger partial charge < -0.3 is 10.1 Å². The molecule has 1 N–H and O–H groups in total. The standard InChI is InChI=1S/C19H17NO3/c21-18(20-14-9-8-12-4-3-5-13(12)10-14)11-17-15-6-1-2-7-16(15)19(22)23-17/h1-2,6-10,17H,3-5,11H2,(H,20,21)/t17-/m0/s1. The molecule has 4 heteroatoms. The Balaban J connectivity index is 1.46. The van der Waals surface area contributed by atoms with Crippen LogP contribution < -0.4 is 5.32 Å². The van der Waals surface area contributed by atoms with Crippen LogP contribution in [0.4, 0.5) is 5.69 Å². The van der Waals surface area contributed by atoms with E-state index in [4.69, 9.17) is 4.74 Å². The molecule has 0 radical (unpaired) electrons. The van der Waals surface area contributed by atoms with Gasteiger partial charge in [0.05, 0.1) is 12.0 Å². The van der Waals surface area contributed by atoms with Gasteiger partial charge in [0.15, 0.2) is 0 Å². The molecule has 2 aromatic rings. The van der Waals surface area contributed by atoms with Gasteiger partial charge >= 0.3 is 5.97 Å². The third-order valence-electron chi connectivity index (χ3n) is 4.53. The second kappa shape index (κ2) is 5.54. The highest BCUT2D eigenvalue weighted by Gasteiger charge is 2.32. The largest absolute Gasteiger partial charge is 0.453 e. The Labute approximate surface area is 134 Å². The van der Waals surface area contributed by atoms with E-state index in [1.54, 1.807) is 12.1 Å². The van der Waals surface area contributed by atoms with Gasteiger partial charge in [0.25, 0.3) is 0 Å². The zero-order valence-corrected chi connectivity index (χ0v) is 12.7. The summed E-state index contributed by atoms with van der Waals surface area (Å²) in [5.41, 5.74) is 4.86. The number of amides is 1. The molecule has 0 saturated heterocycles. The van der Waals surface area contributed by atoms with Crippen LogP contribution in [0.15, 0.2) is 42.5 Å². The molecule has 2 aromatic carbocycles. The van der Waals surface area contributed by atoms with Gasteiger partial charge in [-0.2, -0.15) is 0 Å². The van der Waals surface area contributed by atoms with E-state index in [1.165, 1.54) is 17.5 Å². The summed E-state index contributed by atoms with van der Waals surface area (Å²) >= 11 is 0. The number of cyclic esters (lactones) is 1. The quantitative estimate of drug-likeness (QED) is 0.884. The number of ether oxygens (including phenoxy) is 1. The lowest BCUT2D eigenvalue weighted by Crippen LogP contribution is -2.16. The molecule has 1 aliphatic carbocycles. The van der Waals surface area contributed by atoms with Crippen LogP contribution >= 0.6 is 0 Å². The van der Waals surface area contributed by atoms with E-state index in [-0.39, 0.29) is 18.3 Å². The Morgan fingerprint density at radius 1 is 1.13 bits per heavy atom. The van der Waals surface area contributed by atoms with Crippen molar-refractivity contribution in [2.45, 2.75) is 31.8 Å². The normalized spacial score (nSPS) is 18.3. The molecule has 0 saturated carbocycles. The number of nitrogens with one attached hydrogen (secondary N) is 1. The van der Waals surface area contributed by atoms with Crippen LogP contribution in [-0.4, -0.2) is 11.9 Å². The van der Waals surface area contributed by atoms with Crippen LogP contribution in [0.3, 0.4) is 0 Å². The Bertz CT molecular complexity index is 797. The van der Waals surface area contributed by atoms with Crippen LogP contribution in [0.1, 0.15) is 46.0 Å². The molecule has 0 unspecified atom stereocenters. The summed E-state index contributed by atoms with van der Waals surface area (Å²) in [4.78, 5) is 24.1. The number of carbonyl (C=O) groups is 2. The van der Waals surface area contributed by atoms with Gasteiger partial charge in [-0.1, -0.05) is 24.3 Å². The molecule has 1 atom stereocenters. The number of rotatable bonds is 3. The number of aryl methyl sites for hydroxylation is 2. The number of hydrogen-bond donors (Lipinski definition) is 1. The molecule has 4 nitrogen and oxygen atoms in total. The van der Waals surface area contributed by atoms with Crippen LogP contribution in [0.5, 0.6) is 0 Å². The zero-order chi connectivity index (χ0) is 15.8. The topological polar surface area (TPSA) is 55.4 Å². The van der Waals surface area contributed by atoms with E-state index < -0.39 is 6.10 Å². The predicted molar refractivity (Wildman–Crippen MR) is 86.3 cm³/mol. The highest BCUT2D eigenvalue weighted by molar-refractivity contribution is 5.96. The molecule has 1 heterocycles. The lowest BCUT2D eigenvalue weighted by molar-refractivity contribution is -0.118. The average Bonchev–Trinajstić information content (AvgIpc) is 3.12. The molecule has 4 rings (SSSR count). The third-order valence-corrected chi connectivity index (χ3v) is 4.53. The highest BCUT2D eigenvalue weighted by Crippen LogP contribution is 2.33. The Hall–Kier alpha value is -2.62. The summed E-state index contributed by atoms with van der Waals surface area (Å²) in [5, 5.41) is 2.91. The summed E-state index contributed by atoms with van der Waals surface area (Å²) in [5.74, 6) is -0.492. The van der Waals surface area contributed by atoms with Gasteiger partial charge in [-0.05, 0) is 48.6 Å². The maximum absolute atomic E-state index is 12.3. The summed E-state index contributed by atoms with van der Waals surface area (Å²) in [6, 6.07) is 13.3. The first-order valence-corrected chi connectivity index (χ1v) is 7.92. The van der Waals surface area contributed by atoms with E-state index in [0.29, 0.717) is 5.56 Å². The van der Waals surface area contributed by atoms with Crippen LogP contribution in [0.2, 0.25) is 0 Å². The molecular weight excluding hydrogens is 290 g/mol. The smallest absolute Gasteiger partial charge is 0.339 e. The van der Waals surface area contributed by atoms with Crippen LogP contribution in [0.25, 0.3) is 0 Å². The summed E-state index contributed by atoms with van der Waals surface area (Å²) in [6.45, 7) is 0. The Morgan fingerprint density at radius 3 is 2.87 bits per heavy atom. The zero-order valence-electron chi connectivity index (χ0n) is 12.7. The molecule has 0 spiro atoms. The third kappa shape index (κ3) is 2.61. The van der Waals surface area contributed by atoms with Crippen molar-refractivity contribution in [1.82, 2.24) is 0 Å². The van der Waals surface area contributed by atoms with Crippen molar-refractivity contribution in [2.24, 2.45) is 0 Å². The van der Waals surface area contributed by atoms with Crippen molar-refractivity contribution in [3.8, 4) is 0 Å². The molecule has 1 amide bonds. The van der Waals surface area contributed by atoms with Gasteiger partial charge in [0.1, 0.15) is 6.10 Å². The maximum Gasteiger partial charge on any atom is 0.339 e. The minimum absolute atomic E-state index is 0.139. The molecule has 23 heavy (non-hydrogen) atoms. The lowest BCUT2D eigenvalue weighted by atomic mass is 10.0. The van der Waals surface area contributed by atoms with E-state index >= 15 is 0 Å². The SMILES string of the molecule is O=C(C[C@@H]1OC(=O)c2ccccc21)Nc1ccc2c(c1)CCC2. The molecule has 0 fully saturated rings.